The van der Waals surface area contributed by atoms with Gasteiger partial charge in [-0.2, -0.15) is 0 Å². The topological polar surface area (TPSA) is 15.3 Å². The lowest BCUT2D eigenvalue weighted by molar-refractivity contribution is 1.34. The molecule has 1 aromatic rings. The second-order valence-corrected chi connectivity index (χ2v) is 3.96. The maximum atomic E-state index is 3.14. The van der Waals surface area contributed by atoms with Gasteiger partial charge in [0.15, 0.2) is 0 Å². The molecule has 0 amide bonds. The molecule has 0 unspecified atom stereocenters. The number of benzene rings is 1. The van der Waals surface area contributed by atoms with Gasteiger partial charge in [-0.3, -0.25) is 0 Å². The molecule has 0 saturated carbocycles. The third-order valence-corrected chi connectivity index (χ3v) is 2.90. The van der Waals surface area contributed by atoms with E-state index in [1.54, 1.807) is 11.9 Å². The normalized spacial score (nSPS) is 14.2. The lowest BCUT2D eigenvalue weighted by Gasteiger charge is -2.22. The van der Waals surface area contributed by atoms with Crippen molar-refractivity contribution < 1.29 is 0 Å². The number of nitrogens with zero attached hydrogens (tertiary/aromatic N) is 1. The molecule has 0 aliphatic carbocycles. The summed E-state index contributed by atoms with van der Waals surface area (Å²) in [7, 11) is 4.01. The first-order valence-corrected chi connectivity index (χ1v) is 5.04. The molecule has 0 fully saturated rings. The molecular formula is C10H12N2S. The SMILES string of the molecule is CNc1ccc2c(c1)N(C)SC=C2. The van der Waals surface area contributed by atoms with E-state index in [1.807, 2.05) is 7.05 Å². The Morgan fingerprint density at radius 2 is 2.23 bits per heavy atom. The van der Waals surface area contributed by atoms with Crippen molar-refractivity contribution in [2.75, 3.05) is 23.7 Å². The summed E-state index contributed by atoms with van der Waals surface area (Å²) in [5, 5.41) is 5.24. The van der Waals surface area contributed by atoms with Gasteiger partial charge in [-0.15, -0.1) is 0 Å². The highest BCUT2D eigenvalue weighted by molar-refractivity contribution is 8.03. The van der Waals surface area contributed by atoms with E-state index in [1.165, 1.54) is 11.3 Å². The molecule has 1 aliphatic rings. The van der Waals surface area contributed by atoms with E-state index in [0.717, 1.165) is 5.69 Å². The number of hydrogen-bond donors (Lipinski definition) is 1. The summed E-state index contributed by atoms with van der Waals surface area (Å²) in [6.07, 6.45) is 2.14. The summed E-state index contributed by atoms with van der Waals surface area (Å²) in [4.78, 5) is 0. The quantitative estimate of drug-likeness (QED) is 0.689. The molecule has 13 heavy (non-hydrogen) atoms. The zero-order valence-corrected chi connectivity index (χ0v) is 8.56. The maximum absolute atomic E-state index is 3.14. The molecule has 68 valence electrons. The van der Waals surface area contributed by atoms with Crippen molar-refractivity contribution >= 4 is 29.4 Å². The van der Waals surface area contributed by atoms with E-state index in [0.29, 0.717) is 0 Å². The van der Waals surface area contributed by atoms with Crippen LogP contribution in [0, 0.1) is 0 Å². The highest BCUT2D eigenvalue weighted by Gasteiger charge is 2.09. The average Bonchev–Trinajstić information content (AvgIpc) is 2.18. The minimum absolute atomic E-state index is 1.15. The molecule has 0 bridgehead atoms. The van der Waals surface area contributed by atoms with Crippen LogP contribution in [0.1, 0.15) is 5.56 Å². The third kappa shape index (κ3) is 1.52. The Hall–Kier alpha value is -1.09. The number of nitrogens with one attached hydrogen (secondary N) is 1. The Kier molecular flexibility index (Phi) is 2.19. The minimum atomic E-state index is 1.15. The molecule has 0 saturated heterocycles. The van der Waals surface area contributed by atoms with E-state index < -0.39 is 0 Å². The van der Waals surface area contributed by atoms with Gasteiger partial charge in [0.1, 0.15) is 0 Å². The highest BCUT2D eigenvalue weighted by Crippen LogP contribution is 2.33. The molecule has 0 aromatic heterocycles. The van der Waals surface area contributed by atoms with Crippen LogP contribution < -0.4 is 9.62 Å². The van der Waals surface area contributed by atoms with Crippen LogP contribution in [-0.4, -0.2) is 14.1 Å². The van der Waals surface area contributed by atoms with Gasteiger partial charge >= 0.3 is 0 Å². The van der Waals surface area contributed by atoms with Crippen LogP contribution in [0.4, 0.5) is 11.4 Å². The van der Waals surface area contributed by atoms with Crippen LogP contribution >= 0.6 is 11.9 Å². The van der Waals surface area contributed by atoms with Crippen molar-refractivity contribution in [1.29, 1.82) is 0 Å². The van der Waals surface area contributed by atoms with Crippen molar-refractivity contribution in [2.45, 2.75) is 0 Å². The lowest BCUT2D eigenvalue weighted by atomic mass is 10.1. The van der Waals surface area contributed by atoms with Crippen LogP contribution in [0.15, 0.2) is 23.6 Å². The molecule has 1 aromatic carbocycles. The second-order valence-electron chi connectivity index (χ2n) is 2.93. The van der Waals surface area contributed by atoms with E-state index in [9.17, 15) is 0 Å². The van der Waals surface area contributed by atoms with Gasteiger partial charge in [0, 0.05) is 19.8 Å². The molecule has 1 aliphatic heterocycles. The monoisotopic (exact) mass is 192 g/mol. The first-order valence-electron chi connectivity index (χ1n) is 4.20. The first-order chi connectivity index (χ1) is 6.31. The van der Waals surface area contributed by atoms with Crippen molar-refractivity contribution in [1.82, 2.24) is 0 Å². The van der Waals surface area contributed by atoms with Crippen LogP contribution in [0.2, 0.25) is 0 Å². The van der Waals surface area contributed by atoms with Gasteiger partial charge in [-0.05, 0) is 41.1 Å². The summed E-state index contributed by atoms with van der Waals surface area (Å²) in [6, 6.07) is 6.38. The molecule has 1 heterocycles. The Balaban J connectivity index is 2.48. The Labute approximate surface area is 82.8 Å². The fourth-order valence-corrected chi connectivity index (χ4v) is 2.03. The molecule has 0 atom stereocenters. The van der Waals surface area contributed by atoms with E-state index in [2.05, 4.69) is 46.4 Å². The molecule has 0 spiro atoms. The fourth-order valence-electron chi connectivity index (χ4n) is 1.36. The minimum Gasteiger partial charge on any atom is -0.388 e. The number of anilines is 2. The van der Waals surface area contributed by atoms with Crippen molar-refractivity contribution in [3.8, 4) is 0 Å². The summed E-state index contributed by atoms with van der Waals surface area (Å²) < 4.78 is 2.16. The zero-order chi connectivity index (χ0) is 9.26. The van der Waals surface area contributed by atoms with Gasteiger partial charge in [-0.25, -0.2) is 0 Å². The average molecular weight is 192 g/mol. The molecular weight excluding hydrogens is 180 g/mol. The third-order valence-electron chi connectivity index (χ3n) is 2.12. The van der Waals surface area contributed by atoms with Crippen molar-refractivity contribution in [2.24, 2.45) is 0 Å². The Morgan fingerprint density at radius 3 is 3.00 bits per heavy atom. The van der Waals surface area contributed by atoms with E-state index in [4.69, 9.17) is 0 Å². The van der Waals surface area contributed by atoms with Gasteiger partial charge < -0.3 is 9.62 Å². The fraction of sp³-hybridized carbons (Fsp3) is 0.200. The first kappa shape index (κ1) is 8.51. The second kappa shape index (κ2) is 3.34. The number of rotatable bonds is 1. The van der Waals surface area contributed by atoms with Crippen LogP contribution in [0.25, 0.3) is 6.08 Å². The summed E-state index contributed by atoms with van der Waals surface area (Å²) in [6.45, 7) is 0. The van der Waals surface area contributed by atoms with Crippen molar-refractivity contribution in [3.63, 3.8) is 0 Å². The zero-order valence-electron chi connectivity index (χ0n) is 7.74. The van der Waals surface area contributed by atoms with Crippen LogP contribution in [-0.2, 0) is 0 Å². The summed E-state index contributed by atoms with van der Waals surface area (Å²) in [5.74, 6) is 0. The predicted octanol–water partition coefficient (Wildman–Crippen LogP) is 2.80. The lowest BCUT2D eigenvalue weighted by Crippen LogP contribution is -2.09. The molecule has 2 nitrogen and oxygen atoms in total. The Bertz CT molecular complexity index is 347. The standard InChI is InChI=1S/C10H12N2S/c1-11-9-4-3-8-5-6-13-12(2)10(8)7-9/h3-7,11H,1-2H3. The smallest absolute Gasteiger partial charge is 0.0562 e. The molecule has 3 heteroatoms. The van der Waals surface area contributed by atoms with Crippen LogP contribution in [0.5, 0.6) is 0 Å². The number of hydrogen-bond acceptors (Lipinski definition) is 3. The molecule has 0 radical (unpaired) electrons. The maximum Gasteiger partial charge on any atom is 0.0562 e. The largest absolute Gasteiger partial charge is 0.388 e. The molecule has 1 N–H and O–H groups in total. The van der Waals surface area contributed by atoms with E-state index in [-0.39, 0.29) is 0 Å². The van der Waals surface area contributed by atoms with Crippen LogP contribution in [0.3, 0.4) is 0 Å². The molecule has 2 rings (SSSR count). The summed E-state index contributed by atoms with van der Waals surface area (Å²) in [5.41, 5.74) is 3.70. The van der Waals surface area contributed by atoms with Crippen molar-refractivity contribution in [3.05, 3.63) is 29.2 Å². The predicted molar refractivity (Wildman–Crippen MR) is 61.0 cm³/mol. The number of fused-ring (bicyclic) bond motifs is 1. The van der Waals surface area contributed by atoms with Gasteiger partial charge in [0.25, 0.3) is 0 Å². The van der Waals surface area contributed by atoms with Gasteiger partial charge in [0.05, 0.1) is 5.69 Å². The van der Waals surface area contributed by atoms with E-state index >= 15 is 0 Å². The van der Waals surface area contributed by atoms with Gasteiger partial charge in [-0.1, -0.05) is 6.07 Å². The highest BCUT2D eigenvalue weighted by atomic mass is 32.2. The Morgan fingerprint density at radius 1 is 1.38 bits per heavy atom. The summed E-state index contributed by atoms with van der Waals surface area (Å²) >= 11 is 1.70. The van der Waals surface area contributed by atoms with Gasteiger partial charge in [0.2, 0.25) is 0 Å².